The van der Waals surface area contributed by atoms with Crippen molar-refractivity contribution in [2.75, 3.05) is 35.0 Å². The first kappa shape index (κ1) is 22.3. The molecule has 162 valence electrons. The molecule has 0 bridgehead atoms. The number of ether oxygens (including phenoxy) is 4. The number of guanidine groups is 1. The van der Waals surface area contributed by atoms with Gasteiger partial charge in [0.1, 0.15) is 0 Å². The predicted molar refractivity (Wildman–Crippen MR) is 123 cm³/mol. The van der Waals surface area contributed by atoms with Crippen molar-refractivity contribution in [1.82, 2.24) is 10.6 Å². The van der Waals surface area contributed by atoms with Crippen LogP contribution in [-0.2, 0) is 11.3 Å². The minimum absolute atomic E-state index is 0. The first-order valence-corrected chi connectivity index (χ1v) is 10.0. The maximum absolute atomic E-state index is 6.02. The van der Waals surface area contributed by atoms with Gasteiger partial charge in [-0.15, -0.1) is 24.0 Å². The highest BCUT2D eigenvalue weighted by Crippen LogP contribution is 2.62. The molecule has 29 heavy (non-hydrogen) atoms. The van der Waals surface area contributed by atoms with E-state index in [4.69, 9.17) is 18.9 Å². The average molecular weight is 517 g/mol. The first-order valence-electron chi connectivity index (χ1n) is 10.0. The minimum Gasteiger partial charge on any atom is -0.493 e. The second-order valence-corrected chi connectivity index (χ2v) is 7.91. The smallest absolute Gasteiger partial charge is 0.203 e. The van der Waals surface area contributed by atoms with Gasteiger partial charge in [-0.2, -0.15) is 0 Å². The number of halogens is 1. The summed E-state index contributed by atoms with van der Waals surface area (Å²) in [5.41, 5.74) is 1.36. The summed E-state index contributed by atoms with van der Waals surface area (Å²) in [6, 6.07) is 4.37. The van der Waals surface area contributed by atoms with Crippen molar-refractivity contribution in [3.05, 3.63) is 17.7 Å². The molecule has 7 nitrogen and oxygen atoms in total. The maximum Gasteiger partial charge on any atom is 0.203 e. The summed E-state index contributed by atoms with van der Waals surface area (Å²) in [5.74, 6) is 3.35. The highest BCUT2D eigenvalue weighted by molar-refractivity contribution is 14.0. The Bertz CT molecular complexity index is 728. The van der Waals surface area contributed by atoms with E-state index in [1.165, 1.54) is 19.3 Å². The van der Waals surface area contributed by atoms with Crippen LogP contribution in [-0.4, -0.2) is 53.1 Å². The zero-order valence-corrected chi connectivity index (χ0v) is 19.9. The van der Waals surface area contributed by atoms with Crippen LogP contribution >= 0.6 is 24.0 Å². The predicted octanol–water partition coefficient (Wildman–Crippen LogP) is 2.95. The number of benzene rings is 1. The van der Waals surface area contributed by atoms with Gasteiger partial charge >= 0.3 is 0 Å². The number of methoxy groups -OCH3 is 3. The van der Waals surface area contributed by atoms with E-state index in [9.17, 15) is 0 Å². The van der Waals surface area contributed by atoms with Crippen LogP contribution < -0.4 is 24.8 Å². The van der Waals surface area contributed by atoms with Gasteiger partial charge in [-0.25, -0.2) is 0 Å². The highest BCUT2D eigenvalue weighted by atomic mass is 127. The van der Waals surface area contributed by atoms with Crippen molar-refractivity contribution >= 4 is 29.9 Å². The molecule has 4 rings (SSSR count). The van der Waals surface area contributed by atoms with E-state index in [2.05, 4.69) is 15.6 Å². The van der Waals surface area contributed by atoms with Gasteiger partial charge < -0.3 is 29.6 Å². The molecule has 1 heterocycles. The van der Waals surface area contributed by atoms with Crippen molar-refractivity contribution < 1.29 is 18.9 Å². The summed E-state index contributed by atoms with van der Waals surface area (Å²) in [5, 5.41) is 7.13. The van der Waals surface area contributed by atoms with Crippen LogP contribution in [0.3, 0.4) is 0 Å². The van der Waals surface area contributed by atoms with E-state index in [1.807, 2.05) is 19.2 Å². The topological polar surface area (TPSA) is 73.3 Å². The van der Waals surface area contributed by atoms with Crippen LogP contribution in [0.15, 0.2) is 17.1 Å². The summed E-state index contributed by atoms with van der Waals surface area (Å²) < 4.78 is 22.3. The molecular weight excluding hydrogens is 485 g/mol. The summed E-state index contributed by atoms with van der Waals surface area (Å²) in [6.45, 7) is 1.51. The molecule has 1 aromatic carbocycles. The van der Waals surface area contributed by atoms with E-state index in [-0.39, 0.29) is 24.0 Å². The normalized spacial score (nSPS) is 26.5. The van der Waals surface area contributed by atoms with Crippen LogP contribution in [0.4, 0.5) is 0 Å². The van der Waals surface area contributed by atoms with E-state index < -0.39 is 0 Å². The number of nitrogens with zero attached hydrogens (tertiary/aromatic N) is 1. The van der Waals surface area contributed by atoms with Gasteiger partial charge in [0, 0.05) is 37.6 Å². The lowest BCUT2D eigenvalue weighted by molar-refractivity contribution is -0.171. The molecule has 3 atom stereocenters. The number of rotatable bonds is 6. The van der Waals surface area contributed by atoms with Crippen LogP contribution in [0.25, 0.3) is 0 Å². The Morgan fingerprint density at radius 3 is 2.38 bits per heavy atom. The van der Waals surface area contributed by atoms with Crippen LogP contribution in [0, 0.1) is 11.3 Å². The molecule has 2 aliphatic carbocycles. The van der Waals surface area contributed by atoms with Crippen molar-refractivity contribution in [3.8, 4) is 17.2 Å². The third-order valence-electron chi connectivity index (χ3n) is 6.74. The fourth-order valence-corrected chi connectivity index (χ4v) is 5.22. The number of nitrogens with one attached hydrogen (secondary N) is 2. The molecule has 1 spiro atoms. The standard InChI is InChI=1S/C21H31N3O4.HI/c1-22-20(24-18-14-6-9-28-19(14)21(18)7-5-8-21)23-12-13-10-15(25-2)17(27-4)16(11-13)26-3;/h10-11,14,18-19H,5-9,12H2,1-4H3,(H2,22,23,24);1H. The Labute approximate surface area is 189 Å². The van der Waals surface area contributed by atoms with Crippen LogP contribution in [0.5, 0.6) is 17.2 Å². The second kappa shape index (κ2) is 9.16. The molecule has 1 aromatic rings. The Hall–Kier alpha value is -1.42. The molecule has 1 aliphatic heterocycles. The fourth-order valence-electron chi connectivity index (χ4n) is 5.22. The number of fused-ring (bicyclic) bond motifs is 2. The van der Waals surface area contributed by atoms with Gasteiger partial charge in [0.05, 0.1) is 27.4 Å². The maximum atomic E-state index is 6.02. The van der Waals surface area contributed by atoms with Crippen molar-refractivity contribution in [2.45, 2.75) is 44.4 Å². The van der Waals surface area contributed by atoms with E-state index in [0.29, 0.717) is 47.3 Å². The van der Waals surface area contributed by atoms with Gasteiger partial charge in [0.25, 0.3) is 0 Å². The van der Waals surface area contributed by atoms with Crippen molar-refractivity contribution in [1.29, 1.82) is 0 Å². The lowest BCUT2D eigenvalue weighted by Crippen LogP contribution is -2.72. The molecular formula is C21H32IN3O4. The molecule has 8 heteroatoms. The zero-order chi connectivity index (χ0) is 19.7. The van der Waals surface area contributed by atoms with Gasteiger partial charge in [-0.05, 0) is 37.0 Å². The van der Waals surface area contributed by atoms with Gasteiger partial charge in [0.2, 0.25) is 5.75 Å². The third-order valence-corrected chi connectivity index (χ3v) is 6.74. The van der Waals surface area contributed by atoms with E-state index >= 15 is 0 Å². The van der Waals surface area contributed by atoms with Crippen molar-refractivity contribution in [3.63, 3.8) is 0 Å². The average Bonchev–Trinajstić information content (AvgIpc) is 3.10. The lowest BCUT2D eigenvalue weighted by Gasteiger charge is -2.63. The Kier molecular flexibility index (Phi) is 7.03. The fraction of sp³-hybridized carbons (Fsp3) is 0.667. The SMILES string of the molecule is CN=C(NCc1cc(OC)c(OC)c(OC)c1)NC1C2CCOC2C12CCC2.I. The van der Waals surface area contributed by atoms with E-state index in [0.717, 1.165) is 24.6 Å². The molecule has 0 aromatic heterocycles. The number of hydrogen-bond acceptors (Lipinski definition) is 5. The highest BCUT2D eigenvalue weighted by Gasteiger charge is 2.66. The second-order valence-electron chi connectivity index (χ2n) is 7.91. The third kappa shape index (κ3) is 3.73. The monoisotopic (exact) mass is 517 g/mol. The number of aliphatic imine (C=N–C) groups is 1. The van der Waals surface area contributed by atoms with Gasteiger partial charge in [-0.1, -0.05) is 6.42 Å². The summed E-state index contributed by atoms with van der Waals surface area (Å²) in [4.78, 5) is 4.45. The summed E-state index contributed by atoms with van der Waals surface area (Å²) in [6.07, 6.45) is 5.42. The zero-order valence-electron chi connectivity index (χ0n) is 17.6. The summed E-state index contributed by atoms with van der Waals surface area (Å²) in [7, 11) is 6.69. The Balaban J connectivity index is 0.00000240. The molecule has 3 aliphatic rings. The Morgan fingerprint density at radius 2 is 1.86 bits per heavy atom. The molecule has 0 amide bonds. The van der Waals surface area contributed by atoms with Crippen LogP contribution in [0.2, 0.25) is 0 Å². The van der Waals surface area contributed by atoms with Gasteiger partial charge in [0.15, 0.2) is 17.5 Å². The number of hydrogen-bond donors (Lipinski definition) is 2. The molecule has 1 saturated heterocycles. The molecule has 3 unspecified atom stereocenters. The van der Waals surface area contributed by atoms with E-state index in [1.54, 1.807) is 21.3 Å². The first-order chi connectivity index (χ1) is 13.7. The quantitative estimate of drug-likeness (QED) is 0.344. The molecule has 2 saturated carbocycles. The van der Waals surface area contributed by atoms with Crippen LogP contribution in [0.1, 0.15) is 31.2 Å². The molecule has 2 N–H and O–H groups in total. The minimum atomic E-state index is 0. The lowest BCUT2D eigenvalue weighted by atomic mass is 9.46. The largest absolute Gasteiger partial charge is 0.493 e. The summed E-state index contributed by atoms with van der Waals surface area (Å²) >= 11 is 0. The van der Waals surface area contributed by atoms with Gasteiger partial charge in [-0.3, -0.25) is 4.99 Å². The van der Waals surface area contributed by atoms with Crippen molar-refractivity contribution in [2.24, 2.45) is 16.3 Å². The molecule has 3 fully saturated rings. The Morgan fingerprint density at radius 1 is 1.17 bits per heavy atom. The molecule has 0 radical (unpaired) electrons.